The van der Waals surface area contributed by atoms with Crippen molar-refractivity contribution in [3.8, 4) is 0 Å². The Bertz CT molecular complexity index is 1480. The quantitative estimate of drug-likeness (QED) is 0.240. The molecule has 3 nitrogen and oxygen atoms in total. The molecule has 4 aromatic carbocycles. The van der Waals surface area contributed by atoms with E-state index in [0.717, 1.165) is 33.2 Å². The van der Waals surface area contributed by atoms with Crippen LogP contribution in [0.2, 0.25) is 5.02 Å². The Labute approximate surface area is 215 Å². The lowest BCUT2D eigenvalue weighted by Crippen LogP contribution is -2.25. The van der Waals surface area contributed by atoms with Crippen LogP contribution in [0.15, 0.2) is 109 Å². The first-order chi connectivity index (χ1) is 17.6. The molecule has 1 N–H and O–H groups in total. The fourth-order valence-corrected chi connectivity index (χ4v) is 4.85. The molecule has 1 aromatic heterocycles. The summed E-state index contributed by atoms with van der Waals surface area (Å²) in [6.07, 6.45) is 2.40. The molecule has 1 amide bonds. The summed E-state index contributed by atoms with van der Waals surface area (Å²) in [5.74, 6) is -0.461. The molecule has 0 bridgehead atoms. The highest BCUT2D eigenvalue weighted by molar-refractivity contribution is 6.30. The number of nitrogens with one attached hydrogen (secondary N) is 1. The number of benzene rings is 4. The number of carbonyl (C=O) groups is 1. The minimum absolute atomic E-state index is 0.0285. The Morgan fingerprint density at radius 1 is 0.861 bits per heavy atom. The summed E-state index contributed by atoms with van der Waals surface area (Å²) in [4.78, 5) is 13.1. The lowest BCUT2D eigenvalue weighted by Gasteiger charge is -2.18. The first-order valence-electron chi connectivity index (χ1n) is 11.9. The third kappa shape index (κ3) is 5.50. The molecular weight excluding hydrogens is 471 g/mol. The van der Waals surface area contributed by atoms with E-state index in [4.69, 9.17) is 11.6 Å². The number of carbonyl (C=O) groups excluding carboxylic acids is 1. The monoisotopic (exact) mass is 496 g/mol. The molecule has 1 heterocycles. The summed E-state index contributed by atoms with van der Waals surface area (Å²) in [6, 6.07) is 32.4. The van der Waals surface area contributed by atoms with Crippen molar-refractivity contribution in [3.05, 3.63) is 142 Å². The van der Waals surface area contributed by atoms with Gasteiger partial charge in [0.15, 0.2) is 0 Å². The molecule has 0 radical (unpaired) electrons. The van der Waals surface area contributed by atoms with Gasteiger partial charge in [0.05, 0.1) is 0 Å². The second kappa shape index (κ2) is 10.8. The summed E-state index contributed by atoms with van der Waals surface area (Å²) < 4.78 is 15.6. The van der Waals surface area contributed by atoms with Crippen molar-refractivity contribution < 1.29 is 9.18 Å². The fraction of sp³-hybridized carbons (Fsp3) is 0.129. The molecule has 0 saturated heterocycles. The van der Waals surface area contributed by atoms with Crippen molar-refractivity contribution in [2.45, 2.75) is 25.4 Å². The molecule has 0 aliphatic rings. The zero-order valence-corrected chi connectivity index (χ0v) is 20.5. The van der Waals surface area contributed by atoms with Gasteiger partial charge in [-0.3, -0.25) is 4.79 Å². The summed E-state index contributed by atoms with van der Waals surface area (Å²) in [7, 11) is 0. The van der Waals surface area contributed by atoms with E-state index in [1.165, 1.54) is 12.1 Å². The molecule has 0 spiro atoms. The van der Waals surface area contributed by atoms with Gasteiger partial charge in [-0.2, -0.15) is 0 Å². The van der Waals surface area contributed by atoms with E-state index in [1.54, 1.807) is 12.1 Å². The molecule has 1 unspecified atom stereocenters. The molecule has 0 saturated carbocycles. The van der Waals surface area contributed by atoms with Gasteiger partial charge in [0, 0.05) is 47.6 Å². The molecule has 5 aromatic rings. The van der Waals surface area contributed by atoms with Crippen molar-refractivity contribution in [2.75, 3.05) is 0 Å². The topological polar surface area (TPSA) is 34.0 Å². The maximum absolute atomic E-state index is 13.4. The Morgan fingerprint density at radius 3 is 2.39 bits per heavy atom. The van der Waals surface area contributed by atoms with Gasteiger partial charge in [0.2, 0.25) is 5.91 Å². The van der Waals surface area contributed by atoms with Crippen LogP contribution in [0.25, 0.3) is 10.9 Å². The normalized spacial score (nSPS) is 11.9. The van der Waals surface area contributed by atoms with Gasteiger partial charge < -0.3 is 9.88 Å². The van der Waals surface area contributed by atoms with E-state index in [1.807, 2.05) is 66.7 Å². The largest absolute Gasteiger partial charge is 0.352 e. The van der Waals surface area contributed by atoms with E-state index < -0.39 is 0 Å². The Balaban J connectivity index is 1.49. The lowest BCUT2D eigenvalue weighted by molar-refractivity contribution is -0.121. The second-order valence-corrected chi connectivity index (χ2v) is 9.37. The predicted molar refractivity (Wildman–Crippen MR) is 144 cm³/mol. The summed E-state index contributed by atoms with van der Waals surface area (Å²) in [5, 5.41) is 4.79. The van der Waals surface area contributed by atoms with E-state index in [-0.39, 0.29) is 24.1 Å². The van der Waals surface area contributed by atoms with E-state index in [9.17, 15) is 9.18 Å². The Hall–Kier alpha value is -3.89. The minimum atomic E-state index is -0.251. The van der Waals surface area contributed by atoms with Crippen LogP contribution in [-0.4, -0.2) is 10.5 Å². The number of nitrogens with zero attached hydrogens (tertiary/aromatic N) is 1. The van der Waals surface area contributed by atoms with Crippen LogP contribution in [0.1, 0.15) is 34.6 Å². The summed E-state index contributed by atoms with van der Waals surface area (Å²) >= 11 is 6.36. The Morgan fingerprint density at radius 2 is 1.61 bits per heavy atom. The number of aromatic nitrogens is 1. The van der Waals surface area contributed by atoms with Gasteiger partial charge >= 0.3 is 0 Å². The number of hydrogen-bond acceptors (Lipinski definition) is 1. The van der Waals surface area contributed by atoms with E-state index >= 15 is 0 Å². The number of para-hydroxylation sites is 1. The van der Waals surface area contributed by atoms with Gasteiger partial charge in [-0.05, 0) is 52.6 Å². The highest BCUT2D eigenvalue weighted by Crippen LogP contribution is 2.36. The highest BCUT2D eigenvalue weighted by Gasteiger charge is 2.23. The van der Waals surface area contributed by atoms with Gasteiger partial charge in [-0.1, -0.05) is 84.4 Å². The molecule has 0 aliphatic heterocycles. The molecule has 36 heavy (non-hydrogen) atoms. The van der Waals surface area contributed by atoms with E-state index in [2.05, 4.69) is 28.2 Å². The van der Waals surface area contributed by atoms with Gasteiger partial charge in [0.25, 0.3) is 0 Å². The first kappa shape index (κ1) is 23.8. The highest BCUT2D eigenvalue weighted by atomic mass is 35.5. The summed E-state index contributed by atoms with van der Waals surface area (Å²) in [5.41, 5.74) is 5.17. The Kier molecular flexibility index (Phi) is 7.15. The molecule has 1 atom stereocenters. The van der Waals surface area contributed by atoms with Crippen molar-refractivity contribution >= 4 is 28.4 Å². The molecule has 5 rings (SSSR count). The number of hydrogen-bond donors (Lipinski definition) is 1. The molecule has 180 valence electrons. The zero-order chi connectivity index (χ0) is 24.9. The predicted octanol–water partition coefficient (Wildman–Crippen LogP) is 7.32. The number of amides is 1. The van der Waals surface area contributed by atoms with Crippen molar-refractivity contribution in [1.82, 2.24) is 9.88 Å². The van der Waals surface area contributed by atoms with Crippen LogP contribution in [0.4, 0.5) is 4.39 Å². The van der Waals surface area contributed by atoms with Crippen LogP contribution in [0.3, 0.4) is 0 Å². The molecular formula is C31H26ClFN2O. The maximum atomic E-state index is 13.4. The zero-order valence-electron chi connectivity index (χ0n) is 19.7. The average molecular weight is 497 g/mol. The van der Waals surface area contributed by atoms with Crippen molar-refractivity contribution in [3.63, 3.8) is 0 Å². The summed E-state index contributed by atoms with van der Waals surface area (Å²) in [6.45, 7) is 1.08. The lowest BCUT2D eigenvalue weighted by atomic mass is 9.88. The minimum Gasteiger partial charge on any atom is -0.352 e. The van der Waals surface area contributed by atoms with Crippen LogP contribution in [0.5, 0.6) is 0 Å². The van der Waals surface area contributed by atoms with Crippen LogP contribution < -0.4 is 5.32 Å². The number of halogens is 2. The third-order valence-corrected chi connectivity index (χ3v) is 6.67. The molecule has 0 aliphatic carbocycles. The van der Waals surface area contributed by atoms with Gasteiger partial charge in [-0.15, -0.1) is 0 Å². The number of rotatable bonds is 8. The van der Waals surface area contributed by atoms with Gasteiger partial charge in [0.1, 0.15) is 5.82 Å². The standard InChI is InChI=1S/C31H26ClFN2O/c32-25-10-6-9-24(17-25)28(18-31(36)34-19-22-7-2-1-3-8-22)29-21-35(30-12-5-4-11-27(29)30)20-23-13-15-26(33)16-14-23/h1-17,21,28H,18-20H2,(H,34,36). The molecule has 5 heteroatoms. The third-order valence-electron chi connectivity index (χ3n) is 6.43. The smallest absolute Gasteiger partial charge is 0.221 e. The first-order valence-corrected chi connectivity index (χ1v) is 12.3. The van der Waals surface area contributed by atoms with Crippen molar-refractivity contribution in [1.29, 1.82) is 0 Å². The average Bonchev–Trinajstić information content (AvgIpc) is 3.26. The van der Waals surface area contributed by atoms with Crippen molar-refractivity contribution in [2.24, 2.45) is 0 Å². The second-order valence-electron chi connectivity index (χ2n) is 8.93. The van der Waals surface area contributed by atoms with Crippen LogP contribution in [-0.2, 0) is 17.9 Å². The van der Waals surface area contributed by atoms with Gasteiger partial charge in [-0.25, -0.2) is 4.39 Å². The maximum Gasteiger partial charge on any atom is 0.221 e. The number of fused-ring (bicyclic) bond motifs is 1. The van der Waals surface area contributed by atoms with E-state index in [0.29, 0.717) is 18.1 Å². The van der Waals surface area contributed by atoms with Crippen LogP contribution >= 0.6 is 11.6 Å². The SMILES string of the molecule is O=C(CC(c1cccc(Cl)c1)c1cn(Cc2ccc(F)cc2)c2ccccc12)NCc1ccccc1. The molecule has 0 fully saturated rings. The fourth-order valence-electron chi connectivity index (χ4n) is 4.65. The van der Waals surface area contributed by atoms with Crippen LogP contribution in [0, 0.1) is 5.82 Å².